The largest absolute Gasteiger partial charge is 0.377 e. The molecule has 2 atom stereocenters. The number of imidazole rings is 1. The molecule has 156 valence electrons. The Morgan fingerprint density at radius 2 is 2.07 bits per heavy atom. The van der Waals surface area contributed by atoms with E-state index in [-0.39, 0.29) is 35.5 Å². The third kappa shape index (κ3) is 6.07. The predicted octanol–water partition coefficient (Wildman–Crippen LogP) is 3.73. The first-order valence-electron chi connectivity index (χ1n) is 9.97. The summed E-state index contributed by atoms with van der Waals surface area (Å²) in [5, 5.41) is 6.88. The zero-order valence-corrected chi connectivity index (χ0v) is 19.7. The van der Waals surface area contributed by atoms with E-state index in [2.05, 4.69) is 52.4 Å². The van der Waals surface area contributed by atoms with Crippen LogP contribution in [0.1, 0.15) is 39.4 Å². The molecular formula is C21H34IN5O. The van der Waals surface area contributed by atoms with E-state index in [1.54, 1.807) is 0 Å². The summed E-state index contributed by atoms with van der Waals surface area (Å²) in [6.07, 6.45) is 3.45. The molecular weight excluding hydrogens is 465 g/mol. The second-order valence-corrected chi connectivity index (χ2v) is 8.39. The van der Waals surface area contributed by atoms with Crippen molar-refractivity contribution in [2.75, 3.05) is 26.7 Å². The first-order chi connectivity index (χ1) is 13.0. The van der Waals surface area contributed by atoms with Crippen LogP contribution in [0.3, 0.4) is 0 Å². The second kappa shape index (κ2) is 10.4. The van der Waals surface area contributed by atoms with E-state index in [1.807, 2.05) is 25.2 Å². The minimum atomic E-state index is 0. The number of para-hydroxylation sites is 2. The van der Waals surface area contributed by atoms with Crippen LogP contribution in [0, 0.1) is 11.3 Å². The average Bonchev–Trinajstić information content (AvgIpc) is 3.06. The molecule has 1 saturated heterocycles. The highest BCUT2D eigenvalue weighted by molar-refractivity contribution is 14.0. The Morgan fingerprint density at radius 1 is 1.29 bits per heavy atom. The number of hydrogen-bond acceptors (Lipinski definition) is 3. The maximum atomic E-state index is 6.08. The number of halogens is 1. The number of ether oxygens (including phenoxy) is 1. The number of aliphatic imine (C=N–C) groups is 1. The number of guanidine groups is 1. The number of rotatable bonds is 5. The van der Waals surface area contributed by atoms with Gasteiger partial charge < -0.3 is 20.4 Å². The molecule has 0 aliphatic carbocycles. The Hall–Kier alpha value is -1.35. The van der Waals surface area contributed by atoms with Crippen LogP contribution in [0.15, 0.2) is 29.3 Å². The van der Waals surface area contributed by atoms with Gasteiger partial charge >= 0.3 is 0 Å². The summed E-state index contributed by atoms with van der Waals surface area (Å²) in [5.41, 5.74) is 2.26. The van der Waals surface area contributed by atoms with Gasteiger partial charge in [0.25, 0.3) is 0 Å². The van der Waals surface area contributed by atoms with Crippen LogP contribution in [0.4, 0.5) is 0 Å². The predicted molar refractivity (Wildman–Crippen MR) is 126 cm³/mol. The lowest BCUT2D eigenvalue weighted by Crippen LogP contribution is -2.47. The first-order valence-corrected chi connectivity index (χ1v) is 9.97. The van der Waals surface area contributed by atoms with Gasteiger partial charge in [0, 0.05) is 39.1 Å². The molecule has 1 aliphatic rings. The van der Waals surface area contributed by atoms with Gasteiger partial charge in [-0.3, -0.25) is 4.99 Å². The molecule has 0 spiro atoms. The van der Waals surface area contributed by atoms with Gasteiger partial charge in [-0.2, -0.15) is 0 Å². The standard InChI is InChI=1S/C21H33N5O.HI/c1-21(2,3)19-15(8-7-13-27-19)14-24-20(22-4)23-12-11-18-25-16-9-5-6-10-17(16)26-18;/h5-6,9-10,15,19H,7-8,11-14H2,1-4H3,(H,25,26)(H2,22,23,24);1H. The van der Waals surface area contributed by atoms with Gasteiger partial charge in [-0.25, -0.2) is 4.98 Å². The van der Waals surface area contributed by atoms with Crippen molar-refractivity contribution in [1.82, 2.24) is 20.6 Å². The number of fused-ring (bicyclic) bond motifs is 1. The van der Waals surface area contributed by atoms with E-state index < -0.39 is 0 Å². The fourth-order valence-corrected chi connectivity index (χ4v) is 3.88. The molecule has 0 saturated carbocycles. The summed E-state index contributed by atoms with van der Waals surface area (Å²) in [6, 6.07) is 8.11. The minimum absolute atomic E-state index is 0. The van der Waals surface area contributed by atoms with Crippen molar-refractivity contribution in [1.29, 1.82) is 0 Å². The third-order valence-corrected chi connectivity index (χ3v) is 5.15. The number of benzene rings is 1. The molecule has 1 fully saturated rings. The Morgan fingerprint density at radius 3 is 2.79 bits per heavy atom. The molecule has 0 radical (unpaired) electrons. The lowest BCUT2D eigenvalue weighted by molar-refractivity contribution is -0.0835. The summed E-state index contributed by atoms with van der Waals surface area (Å²) < 4.78 is 6.08. The van der Waals surface area contributed by atoms with E-state index in [1.165, 1.54) is 6.42 Å². The van der Waals surface area contributed by atoms with E-state index in [0.29, 0.717) is 5.92 Å². The van der Waals surface area contributed by atoms with E-state index in [4.69, 9.17) is 4.74 Å². The Balaban J connectivity index is 0.00000280. The lowest BCUT2D eigenvalue weighted by atomic mass is 9.78. The van der Waals surface area contributed by atoms with Crippen molar-refractivity contribution >= 4 is 41.0 Å². The second-order valence-electron chi connectivity index (χ2n) is 8.39. The van der Waals surface area contributed by atoms with Crippen LogP contribution in [0.25, 0.3) is 11.0 Å². The quantitative estimate of drug-likeness (QED) is 0.333. The van der Waals surface area contributed by atoms with Crippen molar-refractivity contribution in [2.24, 2.45) is 16.3 Å². The number of nitrogens with one attached hydrogen (secondary N) is 3. The van der Waals surface area contributed by atoms with Gasteiger partial charge in [-0.15, -0.1) is 24.0 Å². The van der Waals surface area contributed by atoms with Crippen LogP contribution in [-0.2, 0) is 11.2 Å². The van der Waals surface area contributed by atoms with Gasteiger partial charge in [-0.05, 0) is 30.4 Å². The Labute approximate surface area is 185 Å². The highest BCUT2D eigenvalue weighted by atomic mass is 127. The molecule has 28 heavy (non-hydrogen) atoms. The Bertz CT molecular complexity index is 734. The normalized spacial score (nSPS) is 20.6. The van der Waals surface area contributed by atoms with Gasteiger partial charge in [0.05, 0.1) is 17.1 Å². The van der Waals surface area contributed by atoms with Crippen molar-refractivity contribution in [3.8, 4) is 0 Å². The molecule has 2 aromatic rings. The summed E-state index contributed by atoms with van der Waals surface area (Å²) in [4.78, 5) is 12.3. The summed E-state index contributed by atoms with van der Waals surface area (Å²) >= 11 is 0. The SMILES string of the molecule is CN=C(NCCc1nc2ccccc2[nH]1)NCC1CCCOC1C(C)(C)C.I. The summed E-state index contributed by atoms with van der Waals surface area (Å²) in [7, 11) is 1.81. The van der Waals surface area contributed by atoms with Gasteiger partial charge in [0.1, 0.15) is 5.82 Å². The number of aromatic nitrogens is 2. The van der Waals surface area contributed by atoms with Gasteiger partial charge in [0.2, 0.25) is 0 Å². The molecule has 3 rings (SSSR count). The topological polar surface area (TPSA) is 74.3 Å². The maximum Gasteiger partial charge on any atom is 0.191 e. The molecule has 7 heteroatoms. The number of hydrogen-bond donors (Lipinski definition) is 3. The van der Waals surface area contributed by atoms with E-state index in [9.17, 15) is 0 Å². The van der Waals surface area contributed by atoms with Crippen LogP contribution >= 0.6 is 24.0 Å². The first kappa shape index (κ1) is 22.9. The third-order valence-electron chi connectivity index (χ3n) is 5.15. The van der Waals surface area contributed by atoms with Crippen molar-refractivity contribution in [3.05, 3.63) is 30.1 Å². The summed E-state index contributed by atoms with van der Waals surface area (Å²) in [6.45, 7) is 9.32. The van der Waals surface area contributed by atoms with Crippen LogP contribution < -0.4 is 10.6 Å². The van der Waals surface area contributed by atoms with Gasteiger partial charge in [0.15, 0.2) is 5.96 Å². The smallest absolute Gasteiger partial charge is 0.191 e. The van der Waals surface area contributed by atoms with Crippen LogP contribution in [0.2, 0.25) is 0 Å². The van der Waals surface area contributed by atoms with E-state index >= 15 is 0 Å². The molecule has 2 heterocycles. The molecule has 0 amide bonds. The zero-order chi connectivity index (χ0) is 19.3. The zero-order valence-electron chi connectivity index (χ0n) is 17.4. The van der Waals surface area contributed by atoms with Crippen molar-refractivity contribution in [2.45, 2.75) is 46.1 Å². The average molecular weight is 499 g/mol. The number of H-pyrrole nitrogens is 1. The number of aromatic amines is 1. The minimum Gasteiger partial charge on any atom is -0.377 e. The molecule has 1 aromatic heterocycles. The maximum absolute atomic E-state index is 6.08. The van der Waals surface area contributed by atoms with Crippen molar-refractivity contribution in [3.63, 3.8) is 0 Å². The molecule has 6 nitrogen and oxygen atoms in total. The Kier molecular flexibility index (Phi) is 8.55. The molecule has 2 unspecified atom stereocenters. The molecule has 1 aliphatic heterocycles. The fraction of sp³-hybridized carbons (Fsp3) is 0.619. The molecule has 0 bridgehead atoms. The fourth-order valence-electron chi connectivity index (χ4n) is 3.88. The van der Waals surface area contributed by atoms with Crippen LogP contribution in [-0.4, -0.2) is 48.8 Å². The van der Waals surface area contributed by atoms with Gasteiger partial charge in [-0.1, -0.05) is 32.9 Å². The lowest BCUT2D eigenvalue weighted by Gasteiger charge is -2.40. The molecule has 3 N–H and O–H groups in total. The van der Waals surface area contributed by atoms with E-state index in [0.717, 1.165) is 55.4 Å². The van der Waals surface area contributed by atoms with Crippen LogP contribution in [0.5, 0.6) is 0 Å². The highest BCUT2D eigenvalue weighted by Crippen LogP contribution is 2.33. The molecule has 1 aromatic carbocycles. The van der Waals surface area contributed by atoms with Crippen molar-refractivity contribution < 1.29 is 4.74 Å². The number of nitrogens with zero attached hydrogens (tertiary/aromatic N) is 2. The highest BCUT2D eigenvalue weighted by Gasteiger charge is 2.35. The summed E-state index contributed by atoms with van der Waals surface area (Å²) in [5.74, 6) is 2.34. The monoisotopic (exact) mass is 499 g/mol.